The van der Waals surface area contributed by atoms with Crippen LogP contribution in [0.5, 0.6) is 0 Å². The molecule has 1 aliphatic heterocycles. The van der Waals surface area contributed by atoms with Crippen LogP contribution in [0, 0.1) is 12.8 Å². The van der Waals surface area contributed by atoms with E-state index in [1.54, 1.807) is 0 Å². The van der Waals surface area contributed by atoms with Crippen molar-refractivity contribution in [1.82, 2.24) is 4.90 Å². The van der Waals surface area contributed by atoms with Gasteiger partial charge in [0.25, 0.3) is 0 Å². The monoisotopic (exact) mass is 357 g/mol. The number of piperidine rings is 1. The number of benzene rings is 1. The number of nitrogens with two attached hydrogens (primary N) is 2. The SMILES string of the molecule is Cc1ccc(N)c(N)c1C1CCN([C@H]2CC[C@@H](OCC3CC3)CC2)CC1. The molecule has 0 radical (unpaired) electrons. The van der Waals surface area contributed by atoms with Crippen LogP contribution in [0.3, 0.4) is 0 Å². The zero-order chi connectivity index (χ0) is 18.1. The second-order valence-corrected chi connectivity index (χ2v) is 8.82. The third-order valence-electron chi connectivity index (χ3n) is 6.90. The maximum Gasteiger partial charge on any atom is 0.0585 e. The number of nitrogen functional groups attached to an aromatic ring is 2. The highest BCUT2D eigenvalue weighted by Gasteiger charge is 2.31. The standard InChI is InChI=1S/C22H35N3O/c1-15-2-9-20(23)22(24)21(15)17-10-12-25(13-11-17)18-5-7-19(8-6-18)26-14-16-3-4-16/h2,9,16-19H,3-8,10-14,23-24H2,1H3/t18-,19+. The molecule has 1 heterocycles. The van der Waals surface area contributed by atoms with Gasteiger partial charge in [-0.25, -0.2) is 0 Å². The molecule has 26 heavy (non-hydrogen) atoms. The number of likely N-dealkylation sites (tertiary alicyclic amines) is 1. The first-order valence-electron chi connectivity index (χ1n) is 10.6. The van der Waals surface area contributed by atoms with E-state index in [-0.39, 0.29) is 0 Å². The van der Waals surface area contributed by atoms with Crippen molar-refractivity contribution in [3.05, 3.63) is 23.3 Å². The van der Waals surface area contributed by atoms with E-state index in [4.69, 9.17) is 16.2 Å². The van der Waals surface area contributed by atoms with E-state index in [0.717, 1.165) is 29.9 Å². The lowest BCUT2D eigenvalue weighted by Gasteiger charge is -2.41. The number of rotatable bonds is 5. The maximum absolute atomic E-state index is 6.31. The van der Waals surface area contributed by atoms with Crippen molar-refractivity contribution in [2.45, 2.75) is 76.4 Å². The van der Waals surface area contributed by atoms with Crippen LogP contribution < -0.4 is 11.5 Å². The first-order valence-corrected chi connectivity index (χ1v) is 10.6. The Hall–Kier alpha value is -1.26. The molecule has 0 atom stereocenters. The Kier molecular flexibility index (Phi) is 5.42. The van der Waals surface area contributed by atoms with Gasteiger partial charge in [0.2, 0.25) is 0 Å². The smallest absolute Gasteiger partial charge is 0.0585 e. The fourth-order valence-corrected chi connectivity index (χ4v) is 4.99. The molecule has 3 fully saturated rings. The summed E-state index contributed by atoms with van der Waals surface area (Å²) in [6.07, 6.45) is 10.8. The second kappa shape index (κ2) is 7.77. The molecule has 2 aliphatic carbocycles. The van der Waals surface area contributed by atoms with Crippen molar-refractivity contribution in [2.75, 3.05) is 31.2 Å². The minimum atomic E-state index is 0.527. The largest absolute Gasteiger partial charge is 0.397 e. The molecule has 0 amide bonds. The molecular formula is C22H35N3O. The van der Waals surface area contributed by atoms with Gasteiger partial charge in [-0.05, 0) is 100 Å². The van der Waals surface area contributed by atoms with Crippen LogP contribution in [0.15, 0.2) is 12.1 Å². The Morgan fingerprint density at radius 3 is 2.31 bits per heavy atom. The molecule has 144 valence electrons. The Morgan fingerprint density at radius 2 is 1.65 bits per heavy atom. The number of hydrogen-bond acceptors (Lipinski definition) is 4. The van der Waals surface area contributed by atoms with Gasteiger partial charge in [-0.2, -0.15) is 0 Å². The van der Waals surface area contributed by atoms with E-state index < -0.39 is 0 Å². The van der Waals surface area contributed by atoms with Gasteiger partial charge >= 0.3 is 0 Å². The van der Waals surface area contributed by atoms with Gasteiger partial charge in [0.1, 0.15) is 0 Å². The van der Waals surface area contributed by atoms with Gasteiger partial charge in [-0.15, -0.1) is 0 Å². The molecule has 4 nitrogen and oxygen atoms in total. The van der Waals surface area contributed by atoms with E-state index >= 15 is 0 Å². The maximum atomic E-state index is 6.31. The molecule has 0 unspecified atom stereocenters. The summed E-state index contributed by atoms with van der Waals surface area (Å²) in [5, 5.41) is 0. The Bertz CT molecular complexity index is 612. The van der Waals surface area contributed by atoms with Gasteiger partial charge in [0.05, 0.1) is 17.5 Å². The van der Waals surface area contributed by atoms with E-state index in [2.05, 4.69) is 17.9 Å². The van der Waals surface area contributed by atoms with Gasteiger partial charge in [-0.3, -0.25) is 0 Å². The van der Waals surface area contributed by atoms with Gasteiger partial charge in [0.15, 0.2) is 0 Å². The zero-order valence-electron chi connectivity index (χ0n) is 16.3. The van der Waals surface area contributed by atoms with E-state index in [9.17, 15) is 0 Å². The topological polar surface area (TPSA) is 64.5 Å². The lowest BCUT2D eigenvalue weighted by atomic mass is 9.83. The third kappa shape index (κ3) is 4.01. The van der Waals surface area contributed by atoms with Crippen molar-refractivity contribution in [2.24, 2.45) is 5.92 Å². The fraction of sp³-hybridized carbons (Fsp3) is 0.727. The first-order chi connectivity index (χ1) is 12.6. The van der Waals surface area contributed by atoms with Crippen LogP contribution >= 0.6 is 0 Å². The molecule has 1 aromatic rings. The molecule has 4 N–H and O–H groups in total. The normalized spacial score (nSPS) is 28.3. The highest BCUT2D eigenvalue weighted by atomic mass is 16.5. The second-order valence-electron chi connectivity index (χ2n) is 8.82. The summed E-state index contributed by atoms with van der Waals surface area (Å²) in [7, 11) is 0. The molecule has 1 saturated heterocycles. The van der Waals surface area contributed by atoms with E-state index in [1.165, 1.54) is 75.6 Å². The summed E-state index contributed by atoms with van der Waals surface area (Å²) in [4.78, 5) is 2.73. The van der Waals surface area contributed by atoms with Gasteiger partial charge < -0.3 is 21.1 Å². The fourth-order valence-electron chi connectivity index (χ4n) is 4.99. The summed E-state index contributed by atoms with van der Waals surface area (Å²) in [5.41, 5.74) is 16.5. The average molecular weight is 358 g/mol. The van der Waals surface area contributed by atoms with E-state index in [0.29, 0.717) is 12.0 Å². The predicted molar refractivity (Wildman–Crippen MR) is 108 cm³/mol. The van der Waals surface area contributed by atoms with Crippen molar-refractivity contribution in [3.8, 4) is 0 Å². The minimum Gasteiger partial charge on any atom is -0.397 e. The summed E-state index contributed by atoms with van der Waals surface area (Å²) in [6, 6.07) is 4.82. The Balaban J connectivity index is 1.27. The summed E-state index contributed by atoms with van der Waals surface area (Å²) in [6.45, 7) is 5.56. The van der Waals surface area contributed by atoms with Crippen LogP contribution in [0.1, 0.15) is 68.4 Å². The molecule has 3 aliphatic rings. The number of ether oxygens (including phenoxy) is 1. The molecule has 1 aromatic carbocycles. The summed E-state index contributed by atoms with van der Waals surface area (Å²) >= 11 is 0. The minimum absolute atomic E-state index is 0.527. The number of hydrogen-bond donors (Lipinski definition) is 2. The van der Waals surface area contributed by atoms with Crippen molar-refractivity contribution in [1.29, 1.82) is 0 Å². The lowest BCUT2D eigenvalue weighted by molar-refractivity contribution is -0.00101. The number of anilines is 2. The highest BCUT2D eigenvalue weighted by Crippen LogP contribution is 2.38. The third-order valence-corrected chi connectivity index (χ3v) is 6.90. The summed E-state index contributed by atoms with van der Waals surface area (Å²) < 4.78 is 6.11. The molecule has 4 heteroatoms. The number of nitrogens with zero attached hydrogens (tertiary/aromatic N) is 1. The molecule has 4 rings (SSSR count). The lowest BCUT2D eigenvalue weighted by Crippen LogP contribution is -2.43. The highest BCUT2D eigenvalue weighted by molar-refractivity contribution is 5.70. The average Bonchev–Trinajstić information content (AvgIpc) is 3.49. The van der Waals surface area contributed by atoms with Crippen molar-refractivity contribution >= 4 is 11.4 Å². The molecule has 0 aromatic heterocycles. The van der Waals surface area contributed by atoms with Crippen LogP contribution in [-0.4, -0.2) is 36.7 Å². The van der Waals surface area contributed by atoms with Crippen LogP contribution in [-0.2, 0) is 4.74 Å². The molecule has 0 spiro atoms. The molecular weight excluding hydrogens is 322 g/mol. The van der Waals surface area contributed by atoms with Crippen molar-refractivity contribution < 1.29 is 4.74 Å². The van der Waals surface area contributed by atoms with E-state index in [1.807, 2.05) is 6.07 Å². The summed E-state index contributed by atoms with van der Waals surface area (Å²) in [5.74, 6) is 1.45. The molecule has 0 bridgehead atoms. The van der Waals surface area contributed by atoms with Crippen LogP contribution in [0.25, 0.3) is 0 Å². The van der Waals surface area contributed by atoms with Crippen molar-refractivity contribution in [3.63, 3.8) is 0 Å². The predicted octanol–water partition coefficient (Wildman–Crippen LogP) is 4.08. The zero-order valence-corrected chi connectivity index (χ0v) is 16.3. The van der Waals surface area contributed by atoms with Gasteiger partial charge in [-0.1, -0.05) is 6.07 Å². The Morgan fingerprint density at radius 1 is 0.962 bits per heavy atom. The van der Waals surface area contributed by atoms with Crippen LogP contribution in [0.2, 0.25) is 0 Å². The molecule has 2 saturated carbocycles. The first kappa shape index (κ1) is 18.1. The van der Waals surface area contributed by atoms with Gasteiger partial charge in [0, 0.05) is 12.6 Å². The van der Waals surface area contributed by atoms with Crippen LogP contribution in [0.4, 0.5) is 11.4 Å². The Labute approximate surface area is 158 Å². The number of aryl methyl sites for hydroxylation is 1. The quantitative estimate of drug-likeness (QED) is 0.780.